The number of amides is 2. The van der Waals surface area contributed by atoms with Crippen molar-refractivity contribution in [2.75, 3.05) is 36.1 Å². The van der Waals surface area contributed by atoms with Crippen LogP contribution in [0.5, 0.6) is 0 Å². The Labute approximate surface area is 150 Å². The van der Waals surface area contributed by atoms with E-state index in [9.17, 15) is 19.7 Å². The predicted octanol–water partition coefficient (Wildman–Crippen LogP) is 1.89. The van der Waals surface area contributed by atoms with Gasteiger partial charge in [-0.2, -0.15) is 0 Å². The maximum Gasteiger partial charge on any atom is 0.294 e. The van der Waals surface area contributed by atoms with Crippen LogP contribution in [-0.4, -0.2) is 43.0 Å². The Morgan fingerprint density at radius 3 is 2.23 bits per heavy atom. The van der Waals surface area contributed by atoms with E-state index in [-0.39, 0.29) is 35.0 Å². The van der Waals surface area contributed by atoms with Crippen LogP contribution in [0.15, 0.2) is 30.4 Å². The third-order valence-electron chi connectivity index (χ3n) is 5.27. The molecule has 0 spiro atoms. The van der Waals surface area contributed by atoms with Crippen LogP contribution >= 0.6 is 0 Å². The summed E-state index contributed by atoms with van der Waals surface area (Å²) in [4.78, 5) is 39.5. The van der Waals surface area contributed by atoms with Gasteiger partial charge in [0.25, 0.3) is 5.69 Å². The number of anilines is 2. The zero-order valence-electron chi connectivity index (χ0n) is 14.2. The minimum absolute atomic E-state index is 0.0991. The second kappa shape index (κ2) is 6.53. The molecule has 0 aromatic heterocycles. The van der Waals surface area contributed by atoms with Gasteiger partial charge in [0.1, 0.15) is 5.69 Å². The molecule has 2 fully saturated rings. The number of allylic oxidation sites excluding steroid dienone is 2. The van der Waals surface area contributed by atoms with Gasteiger partial charge < -0.3 is 9.64 Å². The molecular weight excluding hydrogens is 338 g/mol. The number of rotatable bonds is 3. The molecule has 2 heterocycles. The maximum absolute atomic E-state index is 12.7. The summed E-state index contributed by atoms with van der Waals surface area (Å²) in [6.07, 6.45) is 4.92. The summed E-state index contributed by atoms with van der Waals surface area (Å²) in [5.74, 6) is -1.24. The number of carbonyl (C=O) groups is 2. The maximum atomic E-state index is 12.7. The van der Waals surface area contributed by atoms with E-state index in [0.29, 0.717) is 44.8 Å². The molecule has 1 aliphatic carbocycles. The van der Waals surface area contributed by atoms with E-state index in [1.807, 2.05) is 17.1 Å². The number of benzene rings is 1. The first-order valence-electron chi connectivity index (χ1n) is 8.72. The number of hydrogen-bond acceptors (Lipinski definition) is 6. The molecule has 3 aliphatic rings. The second-order valence-electron chi connectivity index (χ2n) is 6.70. The number of nitro groups is 1. The van der Waals surface area contributed by atoms with Crippen molar-refractivity contribution in [3.8, 4) is 0 Å². The highest BCUT2D eigenvalue weighted by Crippen LogP contribution is 2.40. The molecule has 136 valence electrons. The van der Waals surface area contributed by atoms with Gasteiger partial charge in [-0.05, 0) is 25.0 Å². The Hall–Kier alpha value is -2.74. The van der Waals surface area contributed by atoms with Crippen molar-refractivity contribution >= 4 is 28.9 Å². The Balaban J connectivity index is 1.69. The van der Waals surface area contributed by atoms with Crippen molar-refractivity contribution in [2.45, 2.75) is 12.8 Å². The first kappa shape index (κ1) is 16.7. The number of fused-ring (bicyclic) bond motifs is 1. The largest absolute Gasteiger partial charge is 0.378 e. The van der Waals surface area contributed by atoms with E-state index in [2.05, 4.69) is 0 Å². The third kappa shape index (κ3) is 2.66. The number of morpholine rings is 1. The van der Waals surface area contributed by atoms with Crippen LogP contribution in [0, 0.1) is 22.0 Å². The predicted molar refractivity (Wildman–Crippen MR) is 94.0 cm³/mol. The van der Waals surface area contributed by atoms with Crippen molar-refractivity contribution in [1.29, 1.82) is 0 Å². The van der Waals surface area contributed by atoms with E-state index >= 15 is 0 Å². The van der Waals surface area contributed by atoms with E-state index in [4.69, 9.17) is 4.74 Å². The molecule has 0 N–H and O–H groups in total. The molecule has 2 amide bonds. The van der Waals surface area contributed by atoms with Crippen LogP contribution in [0.3, 0.4) is 0 Å². The van der Waals surface area contributed by atoms with Gasteiger partial charge in [0, 0.05) is 19.2 Å². The highest BCUT2D eigenvalue weighted by atomic mass is 16.6. The van der Waals surface area contributed by atoms with Gasteiger partial charge in [-0.25, -0.2) is 4.90 Å². The minimum Gasteiger partial charge on any atom is -0.378 e. The summed E-state index contributed by atoms with van der Waals surface area (Å²) >= 11 is 0. The number of nitrogens with zero attached hydrogens (tertiary/aromatic N) is 3. The summed E-state index contributed by atoms with van der Waals surface area (Å²) in [6, 6.07) is 4.59. The van der Waals surface area contributed by atoms with Gasteiger partial charge in [-0.15, -0.1) is 0 Å². The lowest BCUT2D eigenvalue weighted by molar-refractivity contribution is -0.384. The van der Waals surface area contributed by atoms with Crippen molar-refractivity contribution in [2.24, 2.45) is 11.8 Å². The van der Waals surface area contributed by atoms with Gasteiger partial charge in [0.2, 0.25) is 11.8 Å². The summed E-state index contributed by atoms with van der Waals surface area (Å²) in [5, 5.41) is 11.6. The molecule has 0 saturated carbocycles. The first-order valence-corrected chi connectivity index (χ1v) is 8.72. The first-order chi connectivity index (χ1) is 12.6. The van der Waals surface area contributed by atoms with E-state index in [1.165, 1.54) is 6.07 Å². The average molecular weight is 357 g/mol. The molecule has 1 aromatic carbocycles. The summed E-state index contributed by atoms with van der Waals surface area (Å²) in [7, 11) is 0. The number of nitro benzene ring substituents is 1. The van der Waals surface area contributed by atoms with Crippen LogP contribution in [-0.2, 0) is 14.3 Å². The van der Waals surface area contributed by atoms with Gasteiger partial charge in [0.15, 0.2) is 0 Å². The normalized spacial score (nSPS) is 25.5. The number of ether oxygens (including phenoxy) is 1. The number of carbonyl (C=O) groups excluding carboxylic acids is 2. The molecule has 0 radical (unpaired) electrons. The quantitative estimate of drug-likeness (QED) is 0.355. The Morgan fingerprint density at radius 2 is 1.65 bits per heavy atom. The molecule has 2 atom stereocenters. The van der Waals surface area contributed by atoms with Crippen molar-refractivity contribution in [1.82, 2.24) is 0 Å². The van der Waals surface area contributed by atoms with E-state index in [1.54, 1.807) is 12.1 Å². The molecule has 0 bridgehead atoms. The van der Waals surface area contributed by atoms with Crippen molar-refractivity contribution in [3.63, 3.8) is 0 Å². The Bertz CT molecular complexity index is 774. The van der Waals surface area contributed by atoms with Gasteiger partial charge in [-0.1, -0.05) is 12.2 Å². The van der Waals surface area contributed by atoms with Crippen molar-refractivity contribution < 1.29 is 19.2 Å². The molecular formula is C18H19N3O5. The zero-order valence-corrected chi connectivity index (χ0v) is 14.2. The van der Waals surface area contributed by atoms with Crippen LogP contribution in [0.1, 0.15) is 12.8 Å². The van der Waals surface area contributed by atoms with Crippen LogP contribution in [0.25, 0.3) is 0 Å². The molecule has 26 heavy (non-hydrogen) atoms. The fourth-order valence-corrected chi connectivity index (χ4v) is 3.92. The van der Waals surface area contributed by atoms with Gasteiger partial charge >= 0.3 is 0 Å². The zero-order chi connectivity index (χ0) is 18.3. The number of imide groups is 1. The van der Waals surface area contributed by atoms with E-state index < -0.39 is 4.92 Å². The number of hydrogen-bond donors (Lipinski definition) is 0. The topological polar surface area (TPSA) is 93.0 Å². The molecule has 0 unspecified atom stereocenters. The molecule has 1 aromatic rings. The van der Waals surface area contributed by atoms with Crippen LogP contribution < -0.4 is 9.80 Å². The lowest BCUT2D eigenvalue weighted by Gasteiger charge is -2.28. The molecule has 2 aliphatic heterocycles. The second-order valence-corrected chi connectivity index (χ2v) is 6.70. The standard InChI is InChI=1S/C18H19N3O5/c22-17-13-3-1-2-4-14(13)18(23)20(17)12-5-6-15(16(11-12)21(24)25)19-7-9-26-10-8-19/h1-2,5-6,11,13-14H,3-4,7-10H2/t13-,14+. The smallest absolute Gasteiger partial charge is 0.294 e. The molecule has 2 saturated heterocycles. The molecule has 4 rings (SSSR count). The summed E-state index contributed by atoms with van der Waals surface area (Å²) in [6.45, 7) is 2.16. The average Bonchev–Trinajstić information content (AvgIpc) is 2.93. The van der Waals surface area contributed by atoms with Crippen LogP contribution in [0.4, 0.5) is 17.1 Å². The summed E-state index contributed by atoms with van der Waals surface area (Å²) in [5.41, 5.74) is 0.663. The fraction of sp³-hybridized carbons (Fsp3) is 0.444. The minimum atomic E-state index is -0.464. The molecule has 8 nitrogen and oxygen atoms in total. The summed E-state index contributed by atoms with van der Waals surface area (Å²) < 4.78 is 5.29. The fourth-order valence-electron chi connectivity index (χ4n) is 3.92. The van der Waals surface area contributed by atoms with Gasteiger partial charge in [0.05, 0.1) is 35.7 Å². The lowest BCUT2D eigenvalue weighted by Crippen LogP contribution is -2.36. The SMILES string of the molecule is O=C1[C@H]2CC=CC[C@H]2C(=O)N1c1ccc(N2CCOCC2)c([N+](=O)[O-])c1. The monoisotopic (exact) mass is 357 g/mol. The van der Waals surface area contributed by atoms with E-state index in [0.717, 1.165) is 4.90 Å². The third-order valence-corrected chi connectivity index (χ3v) is 5.27. The molecule has 8 heteroatoms. The highest BCUT2D eigenvalue weighted by molar-refractivity contribution is 6.22. The van der Waals surface area contributed by atoms with Gasteiger partial charge in [-0.3, -0.25) is 19.7 Å². The van der Waals surface area contributed by atoms with Crippen molar-refractivity contribution in [3.05, 3.63) is 40.5 Å². The lowest BCUT2D eigenvalue weighted by atomic mass is 9.85. The Kier molecular flexibility index (Phi) is 4.20. The Morgan fingerprint density at radius 1 is 1.04 bits per heavy atom. The van der Waals surface area contributed by atoms with Crippen LogP contribution in [0.2, 0.25) is 0 Å². The highest BCUT2D eigenvalue weighted by Gasteiger charge is 2.48.